The third-order valence-corrected chi connectivity index (χ3v) is 3.22. The minimum Gasteiger partial charge on any atom is -0.467 e. The van der Waals surface area contributed by atoms with E-state index in [4.69, 9.17) is 4.42 Å². The van der Waals surface area contributed by atoms with E-state index in [-0.39, 0.29) is 6.04 Å². The lowest BCUT2D eigenvalue weighted by Gasteiger charge is -2.17. The summed E-state index contributed by atoms with van der Waals surface area (Å²) in [6.45, 7) is 0.767. The van der Waals surface area contributed by atoms with Crippen molar-refractivity contribution in [2.45, 2.75) is 12.6 Å². The normalized spacial score (nSPS) is 12.2. The van der Waals surface area contributed by atoms with Gasteiger partial charge in [0.25, 0.3) is 0 Å². The van der Waals surface area contributed by atoms with Crippen molar-refractivity contribution in [3.63, 3.8) is 0 Å². The molecular weight excluding hydrogens is 248 g/mol. The summed E-state index contributed by atoms with van der Waals surface area (Å²) in [5.41, 5.74) is 2.39. The molecule has 1 unspecified atom stereocenters. The second-order valence-electron chi connectivity index (χ2n) is 4.60. The predicted molar refractivity (Wildman–Crippen MR) is 78.1 cm³/mol. The summed E-state index contributed by atoms with van der Waals surface area (Å²) in [7, 11) is 0. The number of pyridine rings is 1. The van der Waals surface area contributed by atoms with Crippen molar-refractivity contribution in [1.82, 2.24) is 10.3 Å². The van der Waals surface area contributed by atoms with Crippen LogP contribution in [0.5, 0.6) is 0 Å². The van der Waals surface area contributed by atoms with Gasteiger partial charge in [-0.05, 0) is 35.4 Å². The molecule has 0 bridgehead atoms. The first-order valence-electron chi connectivity index (χ1n) is 6.64. The van der Waals surface area contributed by atoms with E-state index in [1.807, 2.05) is 42.5 Å². The Bertz CT molecular complexity index is 621. The van der Waals surface area contributed by atoms with E-state index in [1.165, 1.54) is 11.1 Å². The lowest BCUT2D eigenvalue weighted by molar-refractivity contribution is 0.446. The summed E-state index contributed by atoms with van der Waals surface area (Å²) in [6.07, 6.45) is 5.32. The van der Waals surface area contributed by atoms with E-state index < -0.39 is 0 Å². The summed E-state index contributed by atoms with van der Waals surface area (Å²) < 4.78 is 5.56. The highest BCUT2D eigenvalue weighted by Gasteiger charge is 2.15. The summed E-state index contributed by atoms with van der Waals surface area (Å²) >= 11 is 0. The average molecular weight is 264 g/mol. The van der Waals surface area contributed by atoms with Gasteiger partial charge in [0.15, 0.2) is 0 Å². The fraction of sp³-hybridized carbons (Fsp3) is 0.118. The largest absolute Gasteiger partial charge is 0.467 e. The third-order valence-electron chi connectivity index (χ3n) is 3.22. The van der Waals surface area contributed by atoms with Gasteiger partial charge < -0.3 is 4.42 Å². The van der Waals surface area contributed by atoms with E-state index in [2.05, 4.69) is 22.4 Å². The highest BCUT2D eigenvalue weighted by molar-refractivity contribution is 5.26. The van der Waals surface area contributed by atoms with Crippen LogP contribution in [0.25, 0.3) is 0 Å². The molecule has 100 valence electrons. The van der Waals surface area contributed by atoms with Crippen LogP contribution in [0.4, 0.5) is 0 Å². The van der Waals surface area contributed by atoms with Gasteiger partial charge in [0.05, 0.1) is 12.3 Å². The van der Waals surface area contributed by atoms with Crippen molar-refractivity contribution in [2.24, 2.45) is 0 Å². The van der Waals surface area contributed by atoms with Gasteiger partial charge in [-0.2, -0.15) is 0 Å². The standard InChI is InChI=1S/C17H16N2O/c1-2-5-15(6-3-1)17(16-7-4-12-20-16)19-13-14-8-10-18-11-9-14/h1-12,17,19H,13H2. The van der Waals surface area contributed by atoms with Crippen molar-refractivity contribution in [1.29, 1.82) is 0 Å². The van der Waals surface area contributed by atoms with Gasteiger partial charge in [0, 0.05) is 18.9 Å². The van der Waals surface area contributed by atoms with Gasteiger partial charge in [0.1, 0.15) is 5.76 Å². The van der Waals surface area contributed by atoms with Crippen LogP contribution in [0.3, 0.4) is 0 Å². The SMILES string of the molecule is c1ccc(C(NCc2ccncc2)c2ccco2)cc1. The number of furan rings is 1. The maximum atomic E-state index is 5.56. The van der Waals surface area contributed by atoms with Crippen LogP contribution < -0.4 is 5.32 Å². The molecule has 2 heterocycles. The first-order valence-corrected chi connectivity index (χ1v) is 6.64. The number of rotatable bonds is 5. The fourth-order valence-electron chi connectivity index (χ4n) is 2.20. The Morgan fingerprint density at radius 2 is 1.75 bits per heavy atom. The molecule has 3 nitrogen and oxygen atoms in total. The van der Waals surface area contributed by atoms with E-state index in [9.17, 15) is 0 Å². The van der Waals surface area contributed by atoms with Crippen molar-refractivity contribution >= 4 is 0 Å². The zero-order valence-corrected chi connectivity index (χ0v) is 11.1. The minimum atomic E-state index is 0.0550. The number of nitrogens with one attached hydrogen (secondary N) is 1. The molecule has 1 atom stereocenters. The molecule has 0 radical (unpaired) electrons. The first kappa shape index (κ1) is 12.6. The van der Waals surface area contributed by atoms with Crippen LogP contribution in [0.15, 0.2) is 77.7 Å². The van der Waals surface area contributed by atoms with Crippen molar-refractivity contribution in [3.05, 3.63) is 90.1 Å². The second-order valence-corrected chi connectivity index (χ2v) is 4.60. The molecule has 0 spiro atoms. The maximum Gasteiger partial charge on any atom is 0.125 e. The third kappa shape index (κ3) is 2.95. The highest BCUT2D eigenvalue weighted by Crippen LogP contribution is 2.22. The van der Waals surface area contributed by atoms with Crippen molar-refractivity contribution in [3.8, 4) is 0 Å². The van der Waals surface area contributed by atoms with Crippen LogP contribution in [0.2, 0.25) is 0 Å². The highest BCUT2D eigenvalue weighted by atomic mass is 16.3. The molecule has 3 aromatic rings. The Hall–Kier alpha value is -2.39. The molecule has 0 aliphatic carbocycles. The molecule has 0 saturated carbocycles. The number of hydrogen-bond donors (Lipinski definition) is 1. The zero-order valence-electron chi connectivity index (χ0n) is 11.1. The van der Waals surface area contributed by atoms with Gasteiger partial charge in [-0.3, -0.25) is 10.3 Å². The maximum absolute atomic E-state index is 5.56. The molecule has 3 heteroatoms. The average Bonchev–Trinajstić information content (AvgIpc) is 3.04. The molecule has 0 amide bonds. The minimum absolute atomic E-state index is 0.0550. The summed E-state index contributed by atoms with van der Waals surface area (Å²) in [5, 5.41) is 3.53. The molecule has 0 saturated heterocycles. The van der Waals surface area contributed by atoms with Crippen molar-refractivity contribution in [2.75, 3.05) is 0 Å². The Kier molecular flexibility index (Phi) is 3.90. The van der Waals surface area contributed by atoms with Crippen LogP contribution in [-0.2, 0) is 6.54 Å². The van der Waals surface area contributed by atoms with E-state index in [0.29, 0.717) is 0 Å². The lowest BCUT2D eigenvalue weighted by Crippen LogP contribution is -2.21. The molecule has 3 rings (SSSR count). The first-order chi connectivity index (χ1) is 9.93. The molecule has 2 aromatic heterocycles. The Morgan fingerprint density at radius 3 is 2.45 bits per heavy atom. The molecule has 1 N–H and O–H groups in total. The van der Waals surface area contributed by atoms with Crippen LogP contribution in [0.1, 0.15) is 22.9 Å². The van der Waals surface area contributed by atoms with Crippen molar-refractivity contribution < 1.29 is 4.42 Å². The topological polar surface area (TPSA) is 38.1 Å². The molecule has 0 fully saturated rings. The van der Waals surface area contributed by atoms with Gasteiger partial charge in [-0.25, -0.2) is 0 Å². The smallest absolute Gasteiger partial charge is 0.125 e. The summed E-state index contributed by atoms with van der Waals surface area (Å²) in [6, 6.07) is 18.3. The van der Waals surface area contributed by atoms with E-state index in [0.717, 1.165) is 12.3 Å². The number of benzene rings is 1. The summed E-state index contributed by atoms with van der Waals surface area (Å²) in [5.74, 6) is 0.922. The van der Waals surface area contributed by atoms with Gasteiger partial charge in [0.2, 0.25) is 0 Å². The lowest BCUT2D eigenvalue weighted by atomic mass is 10.0. The van der Waals surface area contributed by atoms with Crippen LogP contribution in [-0.4, -0.2) is 4.98 Å². The van der Waals surface area contributed by atoms with Gasteiger partial charge >= 0.3 is 0 Å². The van der Waals surface area contributed by atoms with E-state index >= 15 is 0 Å². The Labute approximate surface area is 118 Å². The number of nitrogens with zero attached hydrogens (tertiary/aromatic N) is 1. The summed E-state index contributed by atoms with van der Waals surface area (Å²) in [4.78, 5) is 4.03. The van der Waals surface area contributed by atoms with Crippen LogP contribution in [0, 0.1) is 0 Å². The zero-order chi connectivity index (χ0) is 13.6. The Morgan fingerprint density at radius 1 is 0.950 bits per heavy atom. The predicted octanol–water partition coefficient (Wildman–Crippen LogP) is 3.55. The second kappa shape index (κ2) is 6.17. The quantitative estimate of drug-likeness (QED) is 0.765. The van der Waals surface area contributed by atoms with E-state index in [1.54, 1.807) is 18.7 Å². The monoisotopic (exact) mass is 264 g/mol. The molecule has 20 heavy (non-hydrogen) atoms. The molecule has 1 aromatic carbocycles. The molecular formula is C17H16N2O. The number of aromatic nitrogens is 1. The Balaban J connectivity index is 1.80. The number of hydrogen-bond acceptors (Lipinski definition) is 3. The fourth-order valence-corrected chi connectivity index (χ4v) is 2.20. The van der Waals surface area contributed by atoms with Gasteiger partial charge in [-0.15, -0.1) is 0 Å². The van der Waals surface area contributed by atoms with Gasteiger partial charge in [-0.1, -0.05) is 30.3 Å². The molecule has 0 aliphatic rings. The van der Waals surface area contributed by atoms with Crippen LogP contribution >= 0.6 is 0 Å². The molecule has 0 aliphatic heterocycles.